The van der Waals surface area contributed by atoms with Crippen LogP contribution in [0.5, 0.6) is 0 Å². The SMILES string of the molecule is CCC(C)CCCCCCCCC(=O)OC[C@H](COP(=O)(O)OC[C@H](O)COP(=O)(O)OC[C@@H](COC(=O)CCCCCCCCCCCCCCCCC(C)C)OC(=O)CCCCCCCCCCCCCCC(C)C)OC(=O)CCCCCCCCCCCCCCCCC(C)C. The van der Waals surface area contributed by atoms with Crippen molar-refractivity contribution in [3.05, 3.63) is 0 Å². The van der Waals surface area contributed by atoms with E-state index in [1.807, 2.05) is 0 Å². The molecule has 0 fully saturated rings. The first-order chi connectivity index (χ1) is 47.6. The molecule has 0 aliphatic heterocycles. The maximum atomic E-state index is 13.1. The Kier molecular flexibility index (Phi) is 67.8. The van der Waals surface area contributed by atoms with E-state index >= 15 is 0 Å². The molecule has 0 saturated heterocycles. The lowest BCUT2D eigenvalue weighted by Crippen LogP contribution is -2.30. The molecule has 3 unspecified atom stereocenters. The van der Waals surface area contributed by atoms with Crippen LogP contribution in [0.2, 0.25) is 0 Å². The van der Waals surface area contributed by atoms with E-state index in [9.17, 15) is 43.2 Å². The number of hydrogen-bond donors (Lipinski definition) is 3. The predicted molar refractivity (Wildman–Crippen MR) is 404 cm³/mol. The molecule has 0 aromatic rings. The molecule has 19 heteroatoms. The van der Waals surface area contributed by atoms with E-state index in [0.29, 0.717) is 25.7 Å². The number of hydrogen-bond acceptors (Lipinski definition) is 15. The predicted octanol–water partition coefficient (Wildman–Crippen LogP) is 23.6. The van der Waals surface area contributed by atoms with Gasteiger partial charge in [0.25, 0.3) is 0 Å². The zero-order chi connectivity index (χ0) is 73.1. The maximum absolute atomic E-state index is 13.1. The Labute approximate surface area is 607 Å². The lowest BCUT2D eigenvalue weighted by molar-refractivity contribution is -0.161. The number of phosphoric ester groups is 2. The summed E-state index contributed by atoms with van der Waals surface area (Å²) in [7, 11) is -9.92. The second kappa shape index (κ2) is 69.1. The molecule has 3 N–H and O–H groups in total. The topological polar surface area (TPSA) is 237 Å². The summed E-state index contributed by atoms with van der Waals surface area (Å²) in [6, 6.07) is 0. The van der Waals surface area contributed by atoms with Crippen molar-refractivity contribution < 1.29 is 80.2 Å². The van der Waals surface area contributed by atoms with Crippen molar-refractivity contribution in [2.45, 2.75) is 427 Å². The van der Waals surface area contributed by atoms with Gasteiger partial charge in [-0.3, -0.25) is 37.3 Å². The smallest absolute Gasteiger partial charge is 0.462 e. The minimum atomic E-state index is -4.96. The molecule has 0 bridgehead atoms. The lowest BCUT2D eigenvalue weighted by Gasteiger charge is -2.21. The van der Waals surface area contributed by atoms with Gasteiger partial charge in [0, 0.05) is 25.7 Å². The largest absolute Gasteiger partial charge is 0.472 e. The third kappa shape index (κ3) is 72.8. The van der Waals surface area contributed by atoms with Gasteiger partial charge in [0.15, 0.2) is 12.2 Å². The molecule has 0 aromatic carbocycles. The number of carbonyl (C=O) groups excluding carboxylic acids is 4. The maximum Gasteiger partial charge on any atom is 0.472 e. The van der Waals surface area contributed by atoms with Crippen LogP contribution < -0.4 is 0 Å². The molecule has 0 rings (SSSR count). The molecule has 0 radical (unpaired) electrons. The molecule has 99 heavy (non-hydrogen) atoms. The van der Waals surface area contributed by atoms with Gasteiger partial charge in [-0.15, -0.1) is 0 Å². The van der Waals surface area contributed by atoms with E-state index < -0.39 is 97.5 Å². The molecule has 0 aromatic heterocycles. The Morgan fingerprint density at radius 2 is 0.485 bits per heavy atom. The van der Waals surface area contributed by atoms with Gasteiger partial charge in [0.05, 0.1) is 26.4 Å². The molecule has 588 valence electrons. The number of aliphatic hydroxyl groups excluding tert-OH is 1. The second-order valence-electron chi connectivity index (χ2n) is 30.5. The second-order valence-corrected chi connectivity index (χ2v) is 33.4. The Balaban J connectivity index is 5.25. The Morgan fingerprint density at radius 1 is 0.283 bits per heavy atom. The highest BCUT2D eigenvalue weighted by atomic mass is 31.2. The first-order valence-electron chi connectivity index (χ1n) is 41.2. The van der Waals surface area contributed by atoms with Crippen LogP contribution in [0.1, 0.15) is 409 Å². The van der Waals surface area contributed by atoms with Crippen LogP contribution in [0, 0.1) is 23.7 Å². The van der Waals surface area contributed by atoms with Gasteiger partial charge in [0.1, 0.15) is 19.3 Å². The van der Waals surface area contributed by atoms with E-state index in [0.717, 1.165) is 120 Å². The van der Waals surface area contributed by atoms with Gasteiger partial charge in [-0.1, -0.05) is 357 Å². The Hall–Kier alpha value is -1.94. The first-order valence-corrected chi connectivity index (χ1v) is 44.2. The zero-order valence-electron chi connectivity index (χ0n) is 65.1. The van der Waals surface area contributed by atoms with E-state index in [-0.39, 0.29) is 25.7 Å². The van der Waals surface area contributed by atoms with Gasteiger partial charge in [-0.05, 0) is 49.4 Å². The molecular weight excluding hydrogens is 1290 g/mol. The minimum absolute atomic E-state index is 0.106. The normalized spacial score (nSPS) is 14.3. The van der Waals surface area contributed by atoms with Crippen molar-refractivity contribution in [2.75, 3.05) is 39.6 Å². The molecule has 0 aliphatic carbocycles. The number of rotatable bonds is 77. The van der Waals surface area contributed by atoms with E-state index in [2.05, 4.69) is 55.4 Å². The van der Waals surface area contributed by atoms with Gasteiger partial charge < -0.3 is 33.8 Å². The third-order valence-electron chi connectivity index (χ3n) is 18.9. The van der Waals surface area contributed by atoms with Crippen molar-refractivity contribution in [1.82, 2.24) is 0 Å². The molecule has 0 saturated carbocycles. The average molecular weight is 1450 g/mol. The van der Waals surface area contributed by atoms with Gasteiger partial charge in [-0.25, -0.2) is 9.13 Å². The van der Waals surface area contributed by atoms with Crippen molar-refractivity contribution in [3.63, 3.8) is 0 Å². The molecule has 0 heterocycles. The first kappa shape index (κ1) is 97.1. The fourth-order valence-electron chi connectivity index (χ4n) is 12.2. The Bertz CT molecular complexity index is 1940. The number of unbranched alkanes of at least 4 members (excludes halogenated alkanes) is 42. The standard InChI is InChI=1S/C80H156O17P2/c1-9-73(8)59-51-43-38-39-45-53-61-78(83)91-67-76(97-80(85)62-54-46-36-30-24-17-13-11-15-21-27-33-41-49-57-71(4)5)69-95-99(88,89)93-65-74(81)64-92-98(86,87)94-68-75(96-79(84)63-55-47-37-31-25-19-18-22-28-34-42-50-58-72(6)7)66-90-77(82)60-52-44-35-29-23-16-12-10-14-20-26-32-40-48-56-70(2)3/h70-76,81H,9-69H2,1-8H3,(H,86,87)(H,88,89)/t73?,74-,75-,76-/m1/s1. The van der Waals surface area contributed by atoms with Crippen LogP contribution in [-0.4, -0.2) is 96.7 Å². The molecule has 0 amide bonds. The van der Waals surface area contributed by atoms with Gasteiger partial charge in [-0.2, -0.15) is 0 Å². The van der Waals surface area contributed by atoms with Crippen molar-refractivity contribution >= 4 is 39.5 Å². The van der Waals surface area contributed by atoms with Crippen LogP contribution >= 0.6 is 15.6 Å². The summed E-state index contributed by atoms with van der Waals surface area (Å²) in [4.78, 5) is 73.0. The molecular formula is C80H156O17P2. The lowest BCUT2D eigenvalue weighted by atomic mass is 10.00. The highest BCUT2D eigenvalue weighted by molar-refractivity contribution is 7.47. The summed E-state index contributed by atoms with van der Waals surface area (Å²) < 4.78 is 68.7. The fraction of sp³-hybridized carbons (Fsp3) is 0.950. The third-order valence-corrected chi connectivity index (χ3v) is 20.8. The van der Waals surface area contributed by atoms with Crippen LogP contribution in [-0.2, 0) is 65.4 Å². The number of ether oxygens (including phenoxy) is 4. The van der Waals surface area contributed by atoms with Crippen LogP contribution in [0.15, 0.2) is 0 Å². The summed E-state index contributed by atoms with van der Waals surface area (Å²) in [6.45, 7) is 14.3. The average Bonchev–Trinajstić information content (AvgIpc) is 1.14. The van der Waals surface area contributed by atoms with Crippen LogP contribution in [0.25, 0.3) is 0 Å². The zero-order valence-corrected chi connectivity index (χ0v) is 66.9. The van der Waals surface area contributed by atoms with Crippen molar-refractivity contribution in [2.24, 2.45) is 23.7 Å². The van der Waals surface area contributed by atoms with Crippen molar-refractivity contribution in [1.29, 1.82) is 0 Å². The summed E-state index contributed by atoms with van der Waals surface area (Å²) >= 11 is 0. The van der Waals surface area contributed by atoms with E-state index in [1.54, 1.807) is 0 Å². The molecule has 6 atom stereocenters. The minimum Gasteiger partial charge on any atom is -0.462 e. The summed E-state index contributed by atoms with van der Waals surface area (Å²) in [6.07, 6.45) is 55.5. The highest BCUT2D eigenvalue weighted by Gasteiger charge is 2.30. The number of aliphatic hydroxyl groups is 1. The van der Waals surface area contributed by atoms with Crippen LogP contribution in [0.3, 0.4) is 0 Å². The number of carbonyl (C=O) groups is 4. The highest BCUT2D eigenvalue weighted by Crippen LogP contribution is 2.45. The summed E-state index contributed by atoms with van der Waals surface area (Å²) in [5.41, 5.74) is 0. The van der Waals surface area contributed by atoms with Gasteiger partial charge in [0.2, 0.25) is 0 Å². The Morgan fingerprint density at radius 3 is 0.717 bits per heavy atom. The number of phosphoric acid groups is 2. The van der Waals surface area contributed by atoms with Crippen molar-refractivity contribution in [3.8, 4) is 0 Å². The molecule has 0 spiro atoms. The summed E-state index contributed by atoms with van der Waals surface area (Å²) in [5, 5.41) is 10.6. The van der Waals surface area contributed by atoms with E-state index in [1.165, 1.54) is 205 Å². The van der Waals surface area contributed by atoms with Crippen LogP contribution in [0.4, 0.5) is 0 Å². The molecule has 17 nitrogen and oxygen atoms in total. The van der Waals surface area contributed by atoms with E-state index in [4.69, 9.17) is 37.0 Å². The summed E-state index contributed by atoms with van der Waals surface area (Å²) in [5.74, 6) is 0.986. The monoisotopic (exact) mass is 1450 g/mol. The molecule has 0 aliphatic rings. The quantitative estimate of drug-likeness (QED) is 0.0222. The van der Waals surface area contributed by atoms with Gasteiger partial charge >= 0.3 is 39.5 Å². The fourth-order valence-corrected chi connectivity index (χ4v) is 13.8. The number of esters is 4.